The first-order valence-corrected chi connectivity index (χ1v) is 13.3. The number of benzene rings is 6. The second kappa shape index (κ2) is 9.96. The second-order valence-corrected chi connectivity index (χ2v) is 9.74. The van der Waals surface area contributed by atoms with E-state index in [0.717, 1.165) is 39.0 Å². The third kappa shape index (κ3) is 4.35. The number of furan rings is 1. The summed E-state index contributed by atoms with van der Waals surface area (Å²) in [6.45, 7) is 0. The fourth-order valence-electron chi connectivity index (χ4n) is 5.36. The minimum Gasteiger partial charge on any atom is -0.455 e. The van der Waals surface area contributed by atoms with Crippen LogP contribution in [-0.2, 0) is 0 Å². The molecule has 7 rings (SSSR count). The average Bonchev–Trinajstić information content (AvgIpc) is 3.42. The lowest BCUT2D eigenvalue weighted by molar-refractivity contribution is 0.602. The van der Waals surface area contributed by atoms with Crippen molar-refractivity contribution in [1.29, 1.82) is 0 Å². The summed E-state index contributed by atoms with van der Waals surface area (Å²) >= 11 is 0. The highest BCUT2D eigenvalue weighted by Gasteiger charge is 2.19. The maximum absolute atomic E-state index is 6.79. The number of hydrogen-bond donors (Lipinski definition) is 0. The quantitative estimate of drug-likeness (QED) is 0.230. The molecule has 1 aromatic heterocycles. The molecule has 1 heteroatoms. The molecule has 1 heterocycles. The SMILES string of the molecule is c1ccc(-c2ccc(-c3oc(-c4ccc(-c5ccccc5)cc4-c4ccccc4)c4ccccc34)cc2)cc1. The topological polar surface area (TPSA) is 13.1 Å². The van der Waals surface area contributed by atoms with E-state index < -0.39 is 0 Å². The molecule has 39 heavy (non-hydrogen) atoms. The van der Waals surface area contributed by atoms with Crippen molar-refractivity contribution in [2.45, 2.75) is 0 Å². The van der Waals surface area contributed by atoms with Gasteiger partial charge in [-0.3, -0.25) is 0 Å². The fourth-order valence-corrected chi connectivity index (χ4v) is 5.36. The number of fused-ring (bicyclic) bond motifs is 1. The molecule has 6 aromatic carbocycles. The molecule has 0 unspecified atom stereocenters. The van der Waals surface area contributed by atoms with Crippen molar-refractivity contribution in [3.05, 3.63) is 158 Å². The highest BCUT2D eigenvalue weighted by atomic mass is 16.3. The van der Waals surface area contributed by atoms with E-state index >= 15 is 0 Å². The van der Waals surface area contributed by atoms with Crippen molar-refractivity contribution in [3.8, 4) is 56.0 Å². The molecule has 7 aromatic rings. The predicted octanol–water partition coefficient (Wildman–Crippen LogP) is 10.8. The maximum Gasteiger partial charge on any atom is 0.143 e. The summed E-state index contributed by atoms with van der Waals surface area (Å²) < 4.78 is 6.79. The standard InChI is InChI=1S/C38H26O/c1-4-12-27(13-5-1)29-20-22-31(23-21-29)37-33-18-10-11-19-34(33)38(39-37)35-25-24-32(28-14-6-2-7-15-28)26-36(35)30-16-8-3-9-17-30/h1-26H. The van der Waals surface area contributed by atoms with E-state index in [2.05, 4.69) is 152 Å². The Balaban J connectivity index is 1.39. The lowest BCUT2D eigenvalue weighted by atomic mass is 9.92. The molecule has 0 saturated carbocycles. The van der Waals surface area contributed by atoms with E-state index in [4.69, 9.17) is 4.42 Å². The zero-order valence-electron chi connectivity index (χ0n) is 21.4. The molecule has 0 N–H and O–H groups in total. The van der Waals surface area contributed by atoms with Gasteiger partial charge in [-0.25, -0.2) is 0 Å². The van der Waals surface area contributed by atoms with Crippen LogP contribution in [0.25, 0.3) is 66.8 Å². The minimum absolute atomic E-state index is 0.895. The summed E-state index contributed by atoms with van der Waals surface area (Å²) in [5, 5.41) is 2.23. The summed E-state index contributed by atoms with van der Waals surface area (Å²) in [7, 11) is 0. The van der Waals surface area contributed by atoms with Crippen LogP contribution in [0.15, 0.2) is 162 Å². The van der Waals surface area contributed by atoms with E-state index in [9.17, 15) is 0 Å². The average molecular weight is 499 g/mol. The van der Waals surface area contributed by atoms with Gasteiger partial charge in [-0.2, -0.15) is 0 Å². The molecule has 0 amide bonds. The molecule has 0 atom stereocenters. The van der Waals surface area contributed by atoms with Gasteiger partial charge in [0, 0.05) is 21.9 Å². The second-order valence-electron chi connectivity index (χ2n) is 9.74. The number of hydrogen-bond acceptors (Lipinski definition) is 1. The summed E-state index contributed by atoms with van der Waals surface area (Å²) in [5.41, 5.74) is 9.26. The Morgan fingerprint density at radius 3 is 1.33 bits per heavy atom. The first kappa shape index (κ1) is 23.0. The zero-order chi connectivity index (χ0) is 26.0. The molecule has 0 radical (unpaired) electrons. The van der Waals surface area contributed by atoms with Crippen LogP contribution in [0.4, 0.5) is 0 Å². The van der Waals surface area contributed by atoms with Crippen LogP contribution in [0.1, 0.15) is 0 Å². The third-order valence-electron chi connectivity index (χ3n) is 7.33. The molecule has 0 spiro atoms. The van der Waals surface area contributed by atoms with Gasteiger partial charge in [0.1, 0.15) is 11.5 Å². The molecular weight excluding hydrogens is 472 g/mol. The van der Waals surface area contributed by atoms with Crippen molar-refractivity contribution >= 4 is 10.8 Å². The molecule has 0 bridgehead atoms. The van der Waals surface area contributed by atoms with Gasteiger partial charge >= 0.3 is 0 Å². The predicted molar refractivity (Wildman–Crippen MR) is 163 cm³/mol. The molecule has 0 saturated heterocycles. The smallest absolute Gasteiger partial charge is 0.143 e. The maximum atomic E-state index is 6.79. The molecule has 0 aliphatic carbocycles. The van der Waals surface area contributed by atoms with Crippen LogP contribution in [0.2, 0.25) is 0 Å². The summed E-state index contributed by atoms with van der Waals surface area (Å²) in [5.74, 6) is 1.79. The van der Waals surface area contributed by atoms with Crippen LogP contribution in [-0.4, -0.2) is 0 Å². The van der Waals surface area contributed by atoms with Crippen molar-refractivity contribution in [2.24, 2.45) is 0 Å². The fraction of sp³-hybridized carbons (Fsp3) is 0. The van der Waals surface area contributed by atoms with Gasteiger partial charge in [0.05, 0.1) is 0 Å². The van der Waals surface area contributed by atoms with Crippen LogP contribution in [0, 0.1) is 0 Å². The molecule has 184 valence electrons. The van der Waals surface area contributed by atoms with Gasteiger partial charge in [-0.05, 0) is 45.5 Å². The van der Waals surface area contributed by atoms with Crippen LogP contribution in [0.3, 0.4) is 0 Å². The molecule has 0 fully saturated rings. The minimum atomic E-state index is 0.895. The Labute approximate surface area is 228 Å². The summed E-state index contributed by atoms with van der Waals surface area (Å²) in [6.07, 6.45) is 0. The highest BCUT2D eigenvalue weighted by Crippen LogP contribution is 2.44. The molecule has 0 aliphatic heterocycles. The normalized spacial score (nSPS) is 11.1. The van der Waals surface area contributed by atoms with Crippen LogP contribution >= 0.6 is 0 Å². The Hall–Kier alpha value is -5.14. The Morgan fingerprint density at radius 2 is 0.718 bits per heavy atom. The van der Waals surface area contributed by atoms with E-state index in [1.165, 1.54) is 27.8 Å². The lowest BCUT2D eigenvalue weighted by Gasteiger charge is -2.12. The van der Waals surface area contributed by atoms with Gasteiger partial charge in [-0.15, -0.1) is 0 Å². The van der Waals surface area contributed by atoms with Crippen molar-refractivity contribution in [2.75, 3.05) is 0 Å². The van der Waals surface area contributed by atoms with Gasteiger partial charge < -0.3 is 4.42 Å². The van der Waals surface area contributed by atoms with Gasteiger partial charge in [-0.1, -0.05) is 146 Å². The van der Waals surface area contributed by atoms with Crippen molar-refractivity contribution in [1.82, 2.24) is 0 Å². The van der Waals surface area contributed by atoms with E-state index in [1.807, 2.05) is 6.07 Å². The van der Waals surface area contributed by atoms with E-state index in [-0.39, 0.29) is 0 Å². The molecule has 0 aliphatic rings. The first-order valence-electron chi connectivity index (χ1n) is 13.3. The van der Waals surface area contributed by atoms with Crippen molar-refractivity contribution < 1.29 is 4.42 Å². The largest absolute Gasteiger partial charge is 0.455 e. The van der Waals surface area contributed by atoms with Crippen molar-refractivity contribution in [3.63, 3.8) is 0 Å². The Morgan fingerprint density at radius 1 is 0.282 bits per heavy atom. The van der Waals surface area contributed by atoms with Crippen LogP contribution < -0.4 is 0 Å². The molecular formula is C38H26O. The Bertz CT molecular complexity index is 1860. The number of rotatable bonds is 5. The van der Waals surface area contributed by atoms with E-state index in [1.54, 1.807) is 0 Å². The van der Waals surface area contributed by atoms with Gasteiger partial charge in [0.2, 0.25) is 0 Å². The highest BCUT2D eigenvalue weighted by molar-refractivity contribution is 6.05. The molecule has 1 nitrogen and oxygen atoms in total. The monoisotopic (exact) mass is 498 g/mol. The first-order chi connectivity index (χ1) is 19.3. The summed E-state index contributed by atoms with van der Waals surface area (Å²) in [4.78, 5) is 0. The van der Waals surface area contributed by atoms with E-state index in [0.29, 0.717) is 0 Å². The third-order valence-corrected chi connectivity index (χ3v) is 7.33. The van der Waals surface area contributed by atoms with Gasteiger partial charge in [0.25, 0.3) is 0 Å². The van der Waals surface area contributed by atoms with Gasteiger partial charge in [0.15, 0.2) is 0 Å². The zero-order valence-corrected chi connectivity index (χ0v) is 21.4. The van der Waals surface area contributed by atoms with Crippen LogP contribution in [0.5, 0.6) is 0 Å². The Kier molecular flexibility index (Phi) is 5.88. The summed E-state index contributed by atoms with van der Waals surface area (Å²) in [6, 6.07) is 55.4. The lowest BCUT2D eigenvalue weighted by Crippen LogP contribution is -1.87.